The average Bonchev–Trinajstić information content (AvgIpc) is 3.37. The van der Waals surface area contributed by atoms with Crippen LogP contribution in [-0.2, 0) is 11.2 Å². The van der Waals surface area contributed by atoms with Crippen LogP contribution in [0.2, 0.25) is 0 Å². The molecule has 6 heteroatoms. The minimum Gasteiger partial charge on any atom is -0.509 e. The van der Waals surface area contributed by atoms with Crippen molar-refractivity contribution in [1.82, 2.24) is 14.9 Å². The summed E-state index contributed by atoms with van der Waals surface area (Å²) in [5, 5.41) is 19.8. The van der Waals surface area contributed by atoms with Crippen LogP contribution >= 0.6 is 0 Å². The topological polar surface area (TPSA) is 81.6 Å². The first-order valence-electron chi connectivity index (χ1n) is 13.3. The summed E-state index contributed by atoms with van der Waals surface area (Å²) in [6.45, 7) is 13.1. The van der Waals surface area contributed by atoms with E-state index in [-0.39, 0.29) is 17.8 Å². The van der Waals surface area contributed by atoms with Crippen molar-refractivity contribution >= 4 is 0 Å². The van der Waals surface area contributed by atoms with Crippen molar-refractivity contribution < 1.29 is 14.9 Å². The highest BCUT2D eigenvalue weighted by atomic mass is 16.5. The smallest absolute Gasteiger partial charge is 0.156 e. The fourth-order valence-electron chi connectivity index (χ4n) is 3.66. The van der Waals surface area contributed by atoms with Crippen molar-refractivity contribution in [3.63, 3.8) is 0 Å². The molecule has 1 aromatic carbocycles. The molecule has 2 rings (SSSR count). The molecule has 3 N–H and O–H groups in total. The Morgan fingerprint density at radius 2 is 1.92 bits per heavy atom. The normalized spacial score (nSPS) is 14.1. The first kappa shape index (κ1) is 31.3. The maximum atomic E-state index is 10.1. The highest BCUT2D eigenvalue weighted by Crippen LogP contribution is 2.28. The number of aromatic amines is 1. The first-order chi connectivity index (χ1) is 17.1. The number of rotatable bonds is 13. The summed E-state index contributed by atoms with van der Waals surface area (Å²) >= 11 is 0. The lowest BCUT2D eigenvalue weighted by Gasteiger charge is -2.23. The first-order valence-corrected chi connectivity index (χ1v) is 13.3. The maximum absolute atomic E-state index is 10.1. The predicted molar refractivity (Wildman–Crippen MR) is 150 cm³/mol. The Balaban J connectivity index is 0.000000537. The van der Waals surface area contributed by atoms with E-state index in [4.69, 9.17) is 4.74 Å². The van der Waals surface area contributed by atoms with E-state index in [1.54, 1.807) is 19.3 Å². The summed E-state index contributed by atoms with van der Waals surface area (Å²) in [6, 6.07) is 5.65. The molecule has 202 valence electrons. The Hall–Kier alpha value is -2.73. The number of likely N-dealkylation sites (N-methyl/N-ethyl adjacent to an activating group) is 1. The van der Waals surface area contributed by atoms with E-state index in [1.807, 2.05) is 38.3 Å². The van der Waals surface area contributed by atoms with Gasteiger partial charge in [-0.2, -0.15) is 0 Å². The summed E-state index contributed by atoms with van der Waals surface area (Å²) in [5.74, 6) is 1.23. The molecule has 0 radical (unpaired) electrons. The van der Waals surface area contributed by atoms with Gasteiger partial charge in [-0.3, -0.25) is 0 Å². The minimum atomic E-state index is -0.0963. The monoisotopic (exact) mass is 499 g/mol. The van der Waals surface area contributed by atoms with Gasteiger partial charge < -0.3 is 24.8 Å². The van der Waals surface area contributed by atoms with E-state index >= 15 is 0 Å². The maximum Gasteiger partial charge on any atom is 0.156 e. The van der Waals surface area contributed by atoms with Crippen LogP contribution in [0.25, 0.3) is 0 Å². The van der Waals surface area contributed by atoms with E-state index in [9.17, 15) is 10.2 Å². The number of aliphatic hydroxyl groups excluding tert-OH is 1. The fraction of sp³-hybridized carbons (Fsp3) is 0.567. The molecule has 1 heterocycles. The largest absolute Gasteiger partial charge is 0.509 e. The number of aromatic hydroxyl groups is 1. The van der Waals surface area contributed by atoms with Crippen LogP contribution in [0.1, 0.15) is 89.5 Å². The number of phenols is 1. The third-order valence-electron chi connectivity index (χ3n) is 6.39. The van der Waals surface area contributed by atoms with Crippen LogP contribution in [0.15, 0.2) is 53.9 Å². The average molecular weight is 500 g/mol. The van der Waals surface area contributed by atoms with Gasteiger partial charge in [0, 0.05) is 30.8 Å². The second-order valence-corrected chi connectivity index (χ2v) is 9.85. The summed E-state index contributed by atoms with van der Waals surface area (Å²) in [4.78, 5) is 9.13. The molecule has 2 atom stereocenters. The fourth-order valence-corrected chi connectivity index (χ4v) is 3.66. The second kappa shape index (κ2) is 16.9. The number of hydrogen-bond donors (Lipinski definition) is 3. The molecule has 0 amide bonds. The number of nitrogens with one attached hydrogen (secondary N) is 1. The molecule has 2 unspecified atom stereocenters. The van der Waals surface area contributed by atoms with Crippen molar-refractivity contribution in [1.29, 1.82) is 0 Å². The number of imidazole rings is 1. The Morgan fingerprint density at radius 3 is 2.44 bits per heavy atom. The van der Waals surface area contributed by atoms with Gasteiger partial charge in [-0.15, -0.1) is 0 Å². The van der Waals surface area contributed by atoms with Crippen molar-refractivity contribution in [2.24, 2.45) is 0 Å². The number of aromatic nitrogens is 2. The SMILES string of the molecule is CCCCC/C(=C/C(OC(C)C(C)c1ccc(O)c(C)c1)=C(\C)O)CC.CN(C)CCc1cnc[nH]1. The van der Waals surface area contributed by atoms with Crippen molar-refractivity contribution in [3.05, 3.63) is 70.7 Å². The van der Waals surface area contributed by atoms with E-state index < -0.39 is 0 Å². The second-order valence-electron chi connectivity index (χ2n) is 9.85. The van der Waals surface area contributed by atoms with Gasteiger partial charge in [0.15, 0.2) is 5.76 Å². The summed E-state index contributed by atoms with van der Waals surface area (Å²) < 4.78 is 6.13. The molecule has 0 aliphatic carbocycles. The number of benzene rings is 1. The van der Waals surface area contributed by atoms with Crippen molar-refractivity contribution in [2.45, 2.75) is 92.1 Å². The number of phenolic OH excluding ortho intramolecular Hbond substituents is 1. The van der Waals surface area contributed by atoms with Crippen LogP contribution in [0.3, 0.4) is 0 Å². The number of nitrogens with zero attached hydrogens (tertiary/aromatic N) is 2. The number of unbranched alkanes of at least 4 members (excludes halogenated alkanes) is 2. The Morgan fingerprint density at radius 1 is 1.19 bits per heavy atom. The molecule has 0 fully saturated rings. The number of ether oxygens (including phenoxy) is 1. The Labute approximate surface area is 219 Å². The third-order valence-corrected chi connectivity index (χ3v) is 6.39. The lowest BCUT2D eigenvalue weighted by molar-refractivity contribution is 0.109. The van der Waals surface area contributed by atoms with Gasteiger partial charge in [0.25, 0.3) is 0 Å². The zero-order valence-corrected chi connectivity index (χ0v) is 23.8. The number of hydrogen-bond acceptors (Lipinski definition) is 5. The van der Waals surface area contributed by atoms with Crippen molar-refractivity contribution in [3.8, 4) is 5.75 Å². The molecule has 0 aliphatic heterocycles. The summed E-state index contributed by atoms with van der Waals surface area (Å²) in [7, 11) is 4.13. The van der Waals surface area contributed by atoms with Crippen molar-refractivity contribution in [2.75, 3.05) is 20.6 Å². The molecule has 0 spiro atoms. The standard InChI is InChI=1S/C23H36O3.C7H13N3/c1-7-9-10-11-20(8-2)15-23(18(5)24)26-19(6)17(4)21-12-13-22(25)16(3)14-21;1-10(2)4-3-7-5-8-6-9-7/h12-15,17,19,24-25H,7-11H2,1-6H3;5-6H,3-4H2,1-2H3,(H,8,9)/b20-15+,23-18-;. The summed E-state index contributed by atoms with van der Waals surface area (Å²) in [5.41, 5.74) is 4.49. The highest BCUT2D eigenvalue weighted by molar-refractivity contribution is 5.36. The summed E-state index contributed by atoms with van der Waals surface area (Å²) in [6.07, 6.45) is 12.2. The highest BCUT2D eigenvalue weighted by Gasteiger charge is 2.18. The van der Waals surface area contributed by atoms with Gasteiger partial charge in [-0.1, -0.05) is 51.3 Å². The molecular formula is C30H49N3O3. The van der Waals surface area contributed by atoms with Gasteiger partial charge in [0.2, 0.25) is 0 Å². The zero-order valence-electron chi connectivity index (χ0n) is 23.8. The Bertz CT molecular complexity index is 929. The van der Waals surface area contributed by atoms with Gasteiger partial charge >= 0.3 is 0 Å². The minimum absolute atomic E-state index is 0.0963. The third kappa shape index (κ3) is 11.8. The van der Waals surface area contributed by atoms with E-state index in [0.29, 0.717) is 11.5 Å². The van der Waals surface area contributed by atoms with Gasteiger partial charge in [-0.05, 0) is 77.4 Å². The molecule has 0 saturated carbocycles. The molecule has 0 saturated heterocycles. The zero-order chi connectivity index (χ0) is 27.1. The lowest BCUT2D eigenvalue weighted by atomic mass is 9.94. The molecular weight excluding hydrogens is 450 g/mol. The number of allylic oxidation sites excluding steroid dienone is 3. The van der Waals surface area contributed by atoms with E-state index in [2.05, 4.69) is 49.7 Å². The number of H-pyrrole nitrogens is 1. The molecule has 0 bridgehead atoms. The van der Waals surface area contributed by atoms with E-state index in [0.717, 1.165) is 36.9 Å². The quantitative estimate of drug-likeness (QED) is 0.152. The lowest BCUT2D eigenvalue weighted by Crippen LogP contribution is -2.17. The van der Waals surface area contributed by atoms with Crippen LogP contribution in [0, 0.1) is 6.92 Å². The van der Waals surface area contributed by atoms with Gasteiger partial charge in [0.05, 0.1) is 6.33 Å². The van der Waals surface area contributed by atoms with E-state index in [1.165, 1.54) is 30.5 Å². The molecule has 36 heavy (non-hydrogen) atoms. The van der Waals surface area contributed by atoms with Gasteiger partial charge in [0.1, 0.15) is 17.6 Å². The molecule has 2 aromatic rings. The molecule has 6 nitrogen and oxygen atoms in total. The molecule has 1 aromatic heterocycles. The predicted octanol–water partition coefficient (Wildman–Crippen LogP) is 7.43. The van der Waals surface area contributed by atoms with Crippen LogP contribution in [0.5, 0.6) is 5.75 Å². The van der Waals surface area contributed by atoms with Crippen LogP contribution < -0.4 is 0 Å². The Kier molecular flexibility index (Phi) is 14.7. The van der Waals surface area contributed by atoms with Crippen LogP contribution in [-0.4, -0.2) is 51.8 Å². The number of aryl methyl sites for hydroxylation is 1. The van der Waals surface area contributed by atoms with Gasteiger partial charge in [-0.25, -0.2) is 4.98 Å². The number of aliphatic hydroxyl groups is 1. The van der Waals surface area contributed by atoms with Crippen LogP contribution in [0.4, 0.5) is 0 Å². The molecule has 0 aliphatic rings.